The highest BCUT2D eigenvalue weighted by molar-refractivity contribution is 6.36. The number of rotatable bonds is 2. The zero-order valence-electron chi connectivity index (χ0n) is 15.3. The molecule has 1 aliphatic rings. The third-order valence-electron chi connectivity index (χ3n) is 4.49. The molecular weight excluding hydrogens is 406 g/mol. The third-order valence-corrected chi connectivity index (χ3v) is 5.07. The van der Waals surface area contributed by atoms with E-state index in [1.165, 1.54) is 18.2 Å². The van der Waals surface area contributed by atoms with Crippen LogP contribution in [0.2, 0.25) is 10.2 Å². The third kappa shape index (κ3) is 4.27. The molecule has 2 unspecified atom stereocenters. The van der Waals surface area contributed by atoms with E-state index < -0.39 is 17.8 Å². The molecule has 3 rings (SSSR count). The lowest BCUT2D eigenvalue weighted by molar-refractivity contribution is 0.110. The van der Waals surface area contributed by atoms with Crippen molar-refractivity contribution >= 4 is 35.2 Å². The van der Waals surface area contributed by atoms with Crippen molar-refractivity contribution < 1.29 is 13.9 Å². The smallest absolute Gasteiger partial charge is 0.391 e. The summed E-state index contributed by atoms with van der Waals surface area (Å²) in [7, 11) is 0. The number of nitrogens with one attached hydrogen (secondary N) is 2. The van der Waals surface area contributed by atoms with Gasteiger partial charge in [0.15, 0.2) is 0 Å². The molecule has 0 aliphatic carbocycles. The average Bonchev–Trinajstić information content (AvgIpc) is 2.65. The molecule has 1 fully saturated rings. The molecule has 1 aromatic carbocycles. The van der Waals surface area contributed by atoms with Gasteiger partial charge in [-0.25, -0.2) is 14.2 Å². The second-order valence-electron chi connectivity index (χ2n) is 6.64. The van der Waals surface area contributed by atoms with E-state index in [1.807, 2.05) is 13.8 Å². The van der Waals surface area contributed by atoms with E-state index in [0.29, 0.717) is 13.1 Å². The second kappa shape index (κ2) is 8.43. The van der Waals surface area contributed by atoms with Crippen molar-refractivity contribution in [2.24, 2.45) is 0 Å². The molecule has 28 heavy (non-hydrogen) atoms. The van der Waals surface area contributed by atoms with Crippen molar-refractivity contribution in [3.8, 4) is 11.3 Å². The summed E-state index contributed by atoms with van der Waals surface area (Å²) in [5.41, 5.74) is 0.390. The molecule has 148 valence electrons. The van der Waals surface area contributed by atoms with Crippen LogP contribution in [0.5, 0.6) is 0 Å². The lowest BCUT2D eigenvalue weighted by Gasteiger charge is -2.36. The average molecular weight is 425 g/mol. The van der Waals surface area contributed by atoms with Crippen LogP contribution in [0.15, 0.2) is 30.3 Å². The zero-order chi connectivity index (χ0) is 20.4. The topological polar surface area (TPSA) is 78.3 Å². The normalized spacial score (nSPS) is 19.4. The van der Waals surface area contributed by atoms with Crippen LogP contribution in [0.4, 0.5) is 9.18 Å². The standard InChI is InChI=1S/C19H19Cl2FN4O2/c1-10-9-26(11(2)8-24-10)19(27)28-18(23)13-7-14(20)16(25-17(13)21)12-5-3-4-6-15(12)22/h3-7,10-11,23-24H,8-9H2,1-2H3. The van der Waals surface area contributed by atoms with Gasteiger partial charge in [0.25, 0.3) is 0 Å². The van der Waals surface area contributed by atoms with E-state index in [1.54, 1.807) is 17.0 Å². The number of hydrogen-bond donors (Lipinski definition) is 2. The fourth-order valence-electron chi connectivity index (χ4n) is 2.94. The zero-order valence-corrected chi connectivity index (χ0v) is 16.8. The Bertz CT molecular complexity index is 925. The maximum atomic E-state index is 14.0. The van der Waals surface area contributed by atoms with Gasteiger partial charge in [0.2, 0.25) is 5.90 Å². The summed E-state index contributed by atoms with van der Waals surface area (Å²) < 4.78 is 19.2. The van der Waals surface area contributed by atoms with Crippen LogP contribution in [0.1, 0.15) is 19.4 Å². The van der Waals surface area contributed by atoms with E-state index >= 15 is 0 Å². The SMILES string of the molecule is CC1CN(C(=O)OC(=N)c2cc(Cl)c(-c3ccccc3F)nc2Cl)C(C)CN1. The Hall–Kier alpha value is -2.22. The number of halogens is 3. The van der Waals surface area contributed by atoms with Gasteiger partial charge in [-0.05, 0) is 32.0 Å². The minimum absolute atomic E-state index is 0.0518. The number of aromatic nitrogens is 1. The number of ether oxygens (including phenoxy) is 1. The van der Waals surface area contributed by atoms with Crippen LogP contribution in [-0.2, 0) is 4.74 Å². The summed E-state index contributed by atoms with van der Waals surface area (Å²) in [4.78, 5) is 18.1. The predicted molar refractivity (Wildman–Crippen MR) is 107 cm³/mol. The van der Waals surface area contributed by atoms with Crippen molar-refractivity contribution in [1.82, 2.24) is 15.2 Å². The van der Waals surface area contributed by atoms with Crippen LogP contribution in [-0.4, -0.2) is 47.0 Å². The van der Waals surface area contributed by atoms with Gasteiger partial charge in [0.05, 0.1) is 16.3 Å². The van der Waals surface area contributed by atoms with Crippen molar-refractivity contribution in [2.45, 2.75) is 25.9 Å². The van der Waals surface area contributed by atoms with Gasteiger partial charge in [-0.1, -0.05) is 35.3 Å². The van der Waals surface area contributed by atoms with E-state index in [9.17, 15) is 9.18 Å². The molecule has 9 heteroatoms. The van der Waals surface area contributed by atoms with Gasteiger partial charge in [0.1, 0.15) is 11.0 Å². The molecule has 1 saturated heterocycles. The number of hydrogen-bond acceptors (Lipinski definition) is 5. The van der Waals surface area contributed by atoms with E-state index in [2.05, 4.69) is 10.3 Å². The minimum atomic E-state index is -0.642. The van der Waals surface area contributed by atoms with Gasteiger partial charge in [0, 0.05) is 30.7 Å². The lowest BCUT2D eigenvalue weighted by Crippen LogP contribution is -2.56. The Morgan fingerprint density at radius 2 is 2.07 bits per heavy atom. The van der Waals surface area contributed by atoms with Crippen LogP contribution >= 0.6 is 23.2 Å². The number of piperazine rings is 1. The summed E-state index contributed by atoms with van der Waals surface area (Å²) in [6.45, 7) is 4.94. The maximum absolute atomic E-state index is 14.0. The summed E-state index contributed by atoms with van der Waals surface area (Å²) >= 11 is 12.4. The molecule has 0 saturated carbocycles. The van der Waals surface area contributed by atoms with Gasteiger partial charge < -0.3 is 15.0 Å². The Morgan fingerprint density at radius 1 is 1.36 bits per heavy atom. The first-order chi connectivity index (χ1) is 13.3. The molecule has 1 aliphatic heterocycles. The number of carbonyl (C=O) groups excluding carboxylic acids is 1. The van der Waals surface area contributed by atoms with Crippen molar-refractivity contribution in [3.05, 3.63) is 51.9 Å². The molecule has 0 radical (unpaired) electrons. The molecule has 1 aromatic heterocycles. The molecule has 0 bridgehead atoms. The van der Waals surface area contributed by atoms with Crippen LogP contribution in [0, 0.1) is 11.2 Å². The largest absolute Gasteiger partial charge is 0.416 e. The Balaban J connectivity index is 1.82. The van der Waals surface area contributed by atoms with E-state index in [0.717, 1.165) is 0 Å². The minimum Gasteiger partial charge on any atom is -0.391 e. The Labute approximate surface area is 172 Å². The van der Waals surface area contributed by atoms with Crippen molar-refractivity contribution in [3.63, 3.8) is 0 Å². The fourth-order valence-corrected chi connectivity index (χ4v) is 3.42. The highest BCUT2D eigenvalue weighted by Crippen LogP contribution is 2.31. The van der Waals surface area contributed by atoms with E-state index in [-0.39, 0.29) is 39.1 Å². The Morgan fingerprint density at radius 3 is 2.79 bits per heavy atom. The van der Waals surface area contributed by atoms with Crippen molar-refractivity contribution in [1.29, 1.82) is 5.41 Å². The monoisotopic (exact) mass is 424 g/mol. The van der Waals surface area contributed by atoms with Gasteiger partial charge >= 0.3 is 6.09 Å². The first-order valence-corrected chi connectivity index (χ1v) is 9.45. The molecule has 2 N–H and O–H groups in total. The van der Waals surface area contributed by atoms with Crippen LogP contribution < -0.4 is 5.32 Å². The van der Waals surface area contributed by atoms with E-state index in [4.69, 9.17) is 33.3 Å². The number of carbonyl (C=O) groups is 1. The highest BCUT2D eigenvalue weighted by Gasteiger charge is 2.29. The first kappa shape index (κ1) is 20.5. The number of benzene rings is 1. The molecule has 2 atom stereocenters. The highest BCUT2D eigenvalue weighted by atomic mass is 35.5. The number of nitrogens with zero attached hydrogens (tertiary/aromatic N) is 2. The molecular formula is C19H19Cl2FN4O2. The first-order valence-electron chi connectivity index (χ1n) is 8.69. The molecule has 2 heterocycles. The summed E-state index contributed by atoms with van der Waals surface area (Å²) in [6, 6.07) is 7.41. The summed E-state index contributed by atoms with van der Waals surface area (Å²) in [5, 5.41) is 11.4. The number of pyridine rings is 1. The Kier molecular flexibility index (Phi) is 6.17. The molecule has 0 spiro atoms. The van der Waals surface area contributed by atoms with Crippen LogP contribution in [0.25, 0.3) is 11.3 Å². The molecule has 2 aromatic rings. The van der Waals surface area contributed by atoms with Gasteiger partial charge in [-0.15, -0.1) is 0 Å². The predicted octanol–water partition coefficient (Wildman–Crippen LogP) is 4.34. The van der Waals surface area contributed by atoms with Crippen LogP contribution in [0.3, 0.4) is 0 Å². The lowest BCUT2D eigenvalue weighted by atomic mass is 10.1. The quantitative estimate of drug-likeness (QED) is 0.426. The second-order valence-corrected chi connectivity index (χ2v) is 7.41. The summed E-state index contributed by atoms with van der Waals surface area (Å²) in [6.07, 6.45) is -0.642. The maximum Gasteiger partial charge on any atom is 0.416 e. The fraction of sp³-hybridized carbons (Fsp3) is 0.316. The number of amides is 1. The van der Waals surface area contributed by atoms with Crippen molar-refractivity contribution in [2.75, 3.05) is 13.1 Å². The van der Waals surface area contributed by atoms with Gasteiger partial charge in [-0.3, -0.25) is 5.41 Å². The summed E-state index contributed by atoms with van der Waals surface area (Å²) in [5.74, 6) is -0.966. The van der Waals surface area contributed by atoms with Gasteiger partial charge in [-0.2, -0.15) is 0 Å². The molecule has 6 nitrogen and oxygen atoms in total. The molecule has 1 amide bonds.